The lowest BCUT2D eigenvalue weighted by molar-refractivity contribution is 0.0666. The topological polar surface area (TPSA) is 21.3 Å². The molecule has 0 aromatic heterocycles. The Bertz CT molecular complexity index is 341. The average Bonchev–Trinajstić information content (AvgIpc) is 2.41. The van der Waals surface area contributed by atoms with Crippen molar-refractivity contribution in [2.24, 2.45) is 5.92 Å². The van der Waals surface area contributed by atoms with E-state index in [1.165, 1.54) is 18.4 Å². The second-order valence-corrected chi connectivity index (χ2v) is 4.66. The van der Waals surface area contributed by atoms with Crippen molar-refractivity contribution in [3.8, 4) is 0 Å². The minimum atomic E-state index is 0.771. The fourth-order valence-corrected chi connectivity index (χ4v) is 2.15. The highest BCUT2D eigenvalue weighted by molar-refractivity contribution is 5.64. The Morgan fingerprint density at radius 2 is 1.94 bits per heavy atom. The van der Waals surface area contributed by atoms with Crippen LogP contribution in [0.15, 0.2) is 36.9 Å². The van der Waals surface area contributed by atoms with Crippen LogP contribution in [0.25, 0.3) is 5.57 Å². The maximum absolute atomic E-state index is 5.35. The Labute approximate surface area is 104 Å². The molecule has 2 heteroatoms. The van der Waals surface area contributed by atoms with Gasteiger partial charge in [-0.2, -0.15) is 0 Å². The number of ether oxygens (including phenoxy) is 1. The number of hydrogen-bond donors (Lipinski definition) is 1. The van der Waals surface area contributed by atoms with Gasteiger partial charge in [0.05, 0.1) is 0 Å². The smallest absolute Gasteiger partial charge is 0.0469 e. The molecule has 1 N–H and O–H groups in total. The molecule has 0 amide bonds. The van der Waals surface area contributed by atoms with Gasteiger partial charge in [0.25, 0.3) is 0 Å². The summed E-state index contributed by atoms with van der Waals surface area (Å²) in [5.74, 6) is 0.771. The van der Waals surface area contributed by atoms with Gasteiger partial charge < -0.3 is 10.1 Å². The van der Waals surface area contributed by atoms with Gasteiger partial charge in [0.1, 0.15) is 0 Å². The summed E-state index contributed by atoms with van der Waals surface area (Å²) < 4.78 is 5.35. The first-order valence-electron chi connectivity index (χ1n) is 6.38. The van der Waals surface area contributed by atoms with Crippen LogP contribution in [0.5, 0.6) is 0 Å². The molecule has 2 rings (SSSR count). The van der Waals surface area contributed by atoms with Crippen molar-refractivity contribution >= 4 is 5.57 Å². The molecule has 0 bridgehead atoms. The molecule has 0 unspecified atom stereocenters. The average molecular weight is 231 g/mol. The highest BCUT2D eigenvalue weighted by Crippen LogP contribution is 2.14. The third-order valence-electron chi connectivity index (χ3n) is 3.29. The summed E-state index contributed by atoms with van der Waals surface area (Å²) in [5.41, 5.74) is 2.39. The highest BCUT2D eigenvalue weighted by Gasteiger charge is 2.12. The van der Waals surface area contributed by atoms with Crippen molar-refractivity contribution in [3.63, 3.8) is 0 Å². The van der Waals surface area contributed by atoms with Gasteiger partial charge in [-0.15, -0.1) is 0 Å². The molecule has 2 nitrogen and oxygen atoms in total. The van der Waals surface area contributed by atoms with E-state index >= 15 is 0 Å². The van der Waals surface area contributed by atoms with E-state index in [-0.39, 0.29) is 0 Å². The predicted octanol–water partition coefficient (Wildman–Crippen LogP) is 2.72. The summed E-state index contributed by atoms with van der Waals surface area (Å²) in [7, 11) is 0. The lowest BCUT2D eigenvalue weighted by atomic mass is 10.00. The van der Waals surface area contributed by atoms with Crippen LogP contribution in [0.3, 0.4) is 0 Å². The minimum Gasteiger partial charge on any atom is -0.381 e. The third kappa shape index (κ3) is 3.99. The zero-order valence-corrected chi connectivity index (χ0v) is 10.3. The van der Waals surface area contributed by atoms with E-state index in [0.29, 0.717) is 0 Å². The van der Waals surface area contributed by atoms with Crippen LogP contribution in [0.2, 0.25) is 0 Å². The second kappa shape index (κ2) is 6.58. The molecule has 1 aromatic carbocycles. The molecule has 0 atom stereocenters. The summed E-state index contributed by atoms with van der Waals surface area (Å²) in [6, 6.07) is 10.4. The largest absolute Gasteiger partial charge is 0.381 e. The Balaban J connectivity index is 1.69. The van der Waals surface area contributed by atoms with Gasteiger partial charge >= 0.3 is 0 Å². The fourth-order valence-electron chi connectivity index (χ4n) is 2.15. The number of hydrogen-bond acceptors (Lipinski definition) is 2. The fraction of sp³-hybridized carbons (Fsp3) is 0.467. The van der Waals surface area contributed by atoms with Gasteiger partial charge in [-0.25, -0.2) is 0 Å². The minimum absolute atomic E-state index is 0.771. The molecule has 1 aromatic rings. The third-order valence-corrected chi connectivity index (χ3v) is 3.29. The molecule has 0 aliphatic carbocycles. The highest BCUT2D eigenvalue weighted by atomic mass is 16.5. The molecule has 1 aliphatic heterocycles. The summed E-state index contributed by atoms with van der Waals surface area (Å²) in [4.78, 5) is 0. The summed E-state index contributed by atoms with van der Waals surface area (Å²) in [5, 5.41) is 3.50. The molecule has 0 spiro atoms. The molecular formula is C15H21NO. The molecular weight excluding hydrogens is 210 g/mol. The molecule has 1 aliphatic rings. The van der Waals surface area contributed by atoms with Gasteiger partial charge in [0, 0.05) is 19.8 Å². The predicted molar refractivity (Wildman–Crippen MR) is 71.9 cm³/mol. The monoisotopic (exact) mass is 231 g/mol. The molecule has 1 heterocycles. The zero-order chi connectivity index (χ0) is 11.9. The number of nitrogens with one attached hydrogen (secondary N) is 1. The van der Waals surface area contributed by atoms with Gasteiger partial charge in [0.15, 0.2) is 0 Å². The Morgan fingerprint density at radius 3 is 2.65 bits per heavy atom. The van der Waals surface area contributed by atoms with Crippen molar-refractivity contribution in [2.75, 3.05) is 26.3 Å². The van der Waals surface area contributed by atoms with Crippen LogP contribution in [0.4, 0.5) is 0 Å². The first-order chi connectivity index (χ1) is 8.36. The molecule has 92 valence electrons. The van der Waals surface area contributed by atoms with E-state index in [1.807, 2.05) is 6.07 Å². The molecule has 1 saturated heterocycles. The Kier molecular flexibility index (Phi) is 4.77. The summed E-state index contributed by atoms with van der Waals surface area (Å²) in [6.07, 6.45) is 2.37. The van der Waals surface area contributed by atoms with Crippen molar-refractivity contribution in [1.29, 1.82) is 0 Å². The first-order valence-corrected chi connectivity index (χ1v) is 6.38. The number of benzene rings is 1. The maximum atomic E-state index is 5.35. The van der Waals surface area contributed by atoms with E-state index in [9.17, 15) is 0 Å². The van der Waals surface area contributed by atoms with E-state index in [0.717, 1.165) is 37.8 Å². The van der Waals surface area contributed by atoms with E-state index < -0.39 is 0 Å². The SMILES string of the molecule is C=C(CNCC1CCOCC1)c1ccccc1. The quantitative estimate of drug-likeness (QED) is 0.841. The first kappa shape index (κ1) is 12.3. The van der Waals surface area contributed by atoms with Crippen molar-refractivity contribution in [1.82, 2.24) is 5.32 Å². The van der Waals surface area contributed by atoms with Crippen molar-refractivity contribution in [2.45, 2.75) is 12.8 Å². The van der Waals surface area contributed by atoms with Gasteiger partial charge in [0.2, 0.25) is 0 Å². The summed E-state index contributed by atoms with van der Waals surface area (Å²) in [6.45, 7) is 7.92. The standard InChI is InChI=1S/C15H21NO/c1-13(15-5-3-2-4-6-15)11-16-12-14-7-9-17-10-8-14/h2-6,14,16H,1,7-12H2. The van der Waals surface area contributed by atoms with Crippen LogP contribution in [-0.4, -0.2) is 26.3 Å². The Morgan fingerprint density at radius 1 is 1.24 bits per heavy atom. The summed E-state index contributed by atoms with van der Waals surface area (Å²) >= 11 is 0. The zero-order valence-electron chi connectivity index (χ0n) is 10.3. The lowest BCUT2D eigenvalue weighted by Gasteiger charge is -2.22. The van der Waals surface area contributed by atoms with Crippen molar-refractivity contribution in [3.05, 3.63) is 42.5 Å². The van der Waals surface area contributed by atoms with E-state index in [2.05, 4.69) is 36.2 Å². The Hall–Kier alpha value is -1.12. The van der Waals surface area contributed by atoms with Crippen molar-refractivity contribution < 1.29 is 4.74 Å². The van der Waals surface area contributed by atoms with Gasteiger partial charge in [-0.1, -0.05) is 36.9 Å². The number of rotatable bonds is 5. The second-order valence-electron chi connectivity index (χ2n) is 4.66. The lowest BCUT2D eigenvalue weighted by Crippen LogP contribution is -2.28. The van der Waals surface area contributed by atoms with Gasteiger partial charge in [-0.05, 0) is 36.4 Å². The van der Waals surface area contributed by atoms with Crippen LogP contribution in [0, 0.1) is 5.92 Å². The molecule has 0 radical (unpaired) electrons. The molecule has 0 saturated carbocycles. The van der Waals surface area contributed by atoms with Crippen LogP contribution >= 0.6 is 0 Å². The van der Waals surface area contributed by atoms with Crippen LogP contribution in [0.1, 0.15) is 18.4 Å². The van der Waals surface area contributed by atoms with Crippen LogP contribution in [-0.2, 0) is 4.74 Å². The molecule has 17 heavy (non-hydrogen) atoms. The van der Waals surface area contributed by atoms with Crippen LogP contribution < -0.4 is 5.32 Å². The van der Waals surface area contributed by atoms with Gasteiger partial charge in [-0.3, -0.25) is 0 Å². The normalized spacial score (nSPS) is 16.9. The maximum Gasteiger partial charge on any atom is 0.0469 e. The van der Waals surface area contributed by atoms with E-state index in [4.69, 9.17) is 4.74 Å². The molecule has 1 fully saturated rings. The van der Waals surface area contributed by atoms with E-state index in [1.54, 1.807) is 0 Å².